The van der Waals surface area contributed by atoms with Crippen molar-refractivity contribution in [1.29, 1.82) is 0 Å². The van der Waals surface area contributed by atoms with Crippen LogP contribution in [-0.4, -0.2) is 25.7 Å². The van der Waals surface area contributed by atoms with Gasteiger partial charge in [-0.2, -0.15) is 0 Å². The number of hydrogen-bond donors (Lipinski definition) is 2. The minimum atomic E-state index is 0.0623. The Balaban J connectivity index is 2.13. The fourth-order valence-corrected chi connectivity index (χ4v) is 2.89. The molecule has 0 radical (unpaired) electrons. The average Bonchev–Trinajstić information content (AvgIpc) is 2.42. The predicted molar refractivity (Wildman–Crippen MR) is 74.9 cm³/mol. The molecule has 0 amide bonds. The summed E-state index contributed by atoms with van der Waals surface area (Å²) in [7, 11) is 1.70. The van der Waals surface area contributed by atoms with Crippen LogP contribution < -0.4 is 15.8 Å². The van der Waals surface area contributed by atoms with Gasteiger partial charge >= 0.3 is 0 Å². The van der Waals surface area contributed by atoms with Crippen molar-refractivity contribution in [1.82, 2.24) is 5.32 Å². The van der Waals surface area contributed by atoms with Crippen molar-refractivity contribution in [3.63, 3.8) is 0 Å². The van der Waals surface area contributed by atoms with Gasteiger partial charge in [0.15, 0.2) is 0 Å². The minimum absolute atomic E-state index is 0.0623. The molecule has 100 valence electrons. The fraction of sp³-hybridized carbons (Fsp3) is 0.600. The molecule has 3 heteroatoms. The van der Waals surface area contributed by atoms with Crippen molar-refractivity contribution in [2.45, 2.75) is 31.7 Å². The summed E-state index contributed by atoms with van der Waals surface area (Å²) in [4.78, 5) is 0. The highest BCUT2D eigenvalue weighted by Crippen LogP contribution is 2.29. The van der Waals surface area contributed by atoms with Gasteiger partial charge in [-0.05, 0) is 49.4 Å². The number of hydrogen-bond acceptors (Lipinski definition) is 3. The third kappa shape index (κ3) is 2.68. The van der Waals surface area contributed by atoms with Gasteiger partial charge in [0, 0.05) is 12.1 Å². The molecule has 3 N–H and O–H groups in total. The molecule has 1 aliphatic heterocycles. The summed E-state index contributed by atoms with van der Waals surface area (Å²) in [6.07, 6.45) is 3.51. The number of nitrogens with two attached hydrogens (primary N) is 1. The van der Waals surface area contributed by atoms with Gasteiger partial charge in [-0.15, -0.1) is 0 Å². The van der Waals surface area contributed by atoms with Crippen molar-refractivity contribution in [2.24, 2.45) is 11.7 Å². The number of methoxy groups -OCH3 is 1. The van der Waals surface area contributed by atoms with Crippen molar-refractivity contribution in [3.05, 3.63) is 29.8 Å². The van der Waals surface area contributed by atoms with Crippen LogP contribution in [0.5, 0.6) is 5.75 Å². The van der Waals surface area contributed by atoms with E-state index in [1.807, 2.05) is 12.1 Å². The summed E-state index contributed by atoms with van der Waals surface area (Å²) in [5.41, 5.74) is 7.43. The SMILES string of the molecule is COc1ccc(C[C@]2(CN)NCCC[C@H]2C)cc1. The number of nitrogens with one attached hydrogen (secondary N) is 1. The van der Waals surface area contributed by atoms with Crippen molar-refractivity contribution < 1.29 is 4.74 Å². The minimum Gasteiger partial charge on any atom is -0.497 e. The van der Waals surface area contributed by atoms with E-state index in [9.17, 15) is 0 Å². The quantitative estimate of drug-likeness (QED) is 0.856. The van der Waals surface area contributed by atoms with Crippen LogP contribution in [0.4, 0.5) is 0 Å². The van der Waals surface area contributed by atoms with Crippen LogP contribution in [0.1, 0.15) is 25.3 Å². The topological polar surface area (TPSA) is 47.3 Å². The second kappa shape index (κ2) is 5.72. The Hall–Kier alpha value is -1.06. The van der Waals surface area contributed by atoms with Gasteiger partial charge < -0.3 is 15.8 Å². The highest BCUT2D eigenvalue weighted by atomic mass is 16.5. The van der Waals surface area contributed by atoms with Gasteiger partial charge in [0.2, 0.25) is 0 Å². The van der Waals surface area contributed by atoms with Gasteiger partial charge in [-0.3, -0.25) is 0 Å². The molecule has 0 unspecified atom stereocenters. The molecule has 1 saturated heterocycles. The summed E-state index contributed by atoms with van der Waals surface area (Å²) >= 11 is 0. The fourth-order valence-electron chi connectivity index (χ4n) is 2.89. The summed E-state index contributed by atoms with van der Waals surface area (Å²) < 4.78 is 5.19. The van der Waals surface area contributed by atoms with Crippen LogP contribution in [0.3, 0.4) is 0 Å². The van der Waals surface area contributed by atoms with Gasteiger partial charge in [0.25, 0.3) is 0 Å². The van der Waals surface area contributed by atoms with Crippen LogP contribution in [0, 0.1) is 5.92 Å². The second-order valence-electron chi connectivity index (χ2n) is 5.36. The van der Waals surface area contributed by atoms with E-state index in [2.05, 4.69) is 24.4 Å². The third-order valence-corrected chi connectivity index (χ3v) is 4.28. The molecule has 2 atom stereocenters. The molecular formula is C15H24N2O. The number of ether oxygens (including phenoxy) is 1. The van der Waals surface area contributed by atoms with E-state index >= 15 is 0 Å². The Morgan fingerprint density at radius 3 is 2.67 bits per heavy atom. The molecule has 0 spiro atoms. The Bertz CT molecular complexity index is 377. The smallest absolute Gasteiger partial charge is 0.118 e. The molecule has 0 saturated carbocycles. The van der Waals surface area contributed by atoms with Crippen LogP contribution in [0.2, 0.25) is 0 Å². The van der Waals surface area contributed by atoms with Gasteiger partial charge in [0.05, 0.1) is 7.11 Å². The summed E-state index contributed by atoms with van der Waals surface area (Å²) in [6.45, 7) is 4.08. The highest BCUT2D eigenvalue weighted by molar-refractivity contribution is 5.28. The first kappa shape index (κ1) is 13.4. The normalized spacial score (nSPS) is 28.1. The van der Waals surface area contributed by atoms with Crippen LogP contribution in [0.15, 0.2) is 24.3 Å². The molecule has 1 heterocycles. The van der Waals surface area contributed by atoms with E-state index in [1.54, 1.807) is 7.11 Å². The van der Waals surface area contributed by atoms with Gasteiger partial charge in [-0.25, -0.2) is 0 Å². The van der Waals surface area contributed by atoms with E-state index in [0.717, 1.165) is 18.7 Å². The molecule has 0 aromatic heterocycles. The van der Waals surface area contributed by atoms with E-state index in [4.69, 9.17) is 10.5 Å². The first-order chi connectivity index (χ1) is 8.70. The van der Waals surface area contributed by atoms with Crippen molar-refractivity contribution >= 4 is 0 Å². The monoisotopic (exact) mass is 248 g/mol. The molecule has 18 heavy (non-hydrogen) atoms. The van der Waals surface area contributed by atoms with E-state index < -0.39 is 0 Å². The summed E-state index contributed by atoms with van der Waals surface area (Å²) in [5, 5.41) is 3.65. The Morgan fingerprint density at radius 1 is 1.39 bits per heavy atom. The highest BCUT2D eigenvalue weighted by Gasteiger charge is 2.36. The van der Waals surface area contributed by atoms with E-state index in [1.165, 1.54) is 18.4 Å². The molecule has 3 nitrogen and oxygen atoms in total. The van der Waals surface area contributed by atoms with E-state index in [-0.39, 0.29) is 5.54 Å². The largest absolute Gasteiger partial charge is 0.497 e. The first-order valence-corrected chi connectivity index (χ1v) is 6.78. The first-order valence-electron chi connectivity index (χ1n) is 6.78. The predicted octanol–water partition coefficient (Wildman–Crippen LogP) is 1.95. The van der Waals surface area contributed by atoms with Crippen LogP contribution in [0.25, 0.3) is 0 Å². The second-order valence-corrected chi connectivity index (χ2v) is 5.36. The number of piperidine rings is 1. The standard InChI is InChI=1S/C15H24N2O/c1-12-4-3-9-17-15(12,11-16)10-13-5-7-14(18-2)8-6-13/h5-8,12,17H,3-4,9-11,16H2,1-2H3/t12-,15-/m1/s1. The van der Waals surface area contributed by atoms with Crippen LogP contribution in [-0.2, 0) is 6.42 Å². The van der Waals surface area contributed by atoms with Crippen LogP contribution >= 0.6 is 0 Å². The summed E-state index contributed by atoms with van der Waals surface area (Å²) in [5.74, 6) is 1.53. The lowest BCUT2D eigenvalue weighted by atomic mass is 9.75. The maximum atomic E-state index is 6.05. The number of benzene rings is 1. The molecule has 2 rings (SSSR count). The maximum Gasteiger partial charge on any atom is 0.118 e. The lowest BCUT2D eigenvalue weighted by molar-refractivity contribution is 0.177. The molecule has 0 bridgehead atoms. The lowest BCUT2D eigenvalue weighted by Gasteiger charge is -2.43. The number of rotatable bonds is 4. The van der Waals surface area contributed by atoms with Gasteiger partial charge in [0.1, 0.15) is 5.75 Å². The molecule has 1 aliphatic rings. The van der Waals surface area contributed by atoms with E-state index in [0.29, 0.717) is 12.5 Å². The molecule has 0 aliphatic carbocycles. The zero-order valence-corrected chi connectivity index (χ0v) is 11.4. The van der Waals surface area contributed by atoms with Gasteiger partial charge in [-0.1, -0.05) is 19.1 Å². The molecule has 1 fully saturated rings. The molecule has 1 aromatic rings. The third-order valence-electron chi connectivity index (χ3n) is 4.28. The summed E-state index contributed by atoms with van der Waals surface area (Å²) in [6, 6.07) is 8.32. The van der Waals surface area contributed by atoms with Crippen molar-refractivity contribution in [3.8, 4) is 5.75 Å². The maximum absolute atomic E-state index is 6.05. The average molecular weight is 248 g/mol. The Labute approximate surface area is 110 Å². The zero-order chi connectivity index (χ0) is 13.0. The molecular weight excluding hydrogens is 224 g/mol. The Morgan fingerprint density at radius 2 is 2.11 bits per heavy atom. The zero-order valence-electron chi connectivity index (χ0n) is 11.4. The Kier molecular flexibility index (Phi) is 4.25. The lowest BCUT2D eigenvalue weighted by Crippen LogP contribution is -2.60. The van der Waals surface area contributed by atoms with Crippen molar-refractivity contribution in [2.75, 3.05) is 20.2 Å². The molecule has 1 aromatic carbocycles.